The van der Waals surface area contributed by atoms with Crippen molar-refractivity contribution in [3.8, 4) is 0 Å². The topological polar surface area (TPSA) is 50.2 Å². The SMILES string of the molecule is Cc1ccc(C(=O)N2CCC(Nc3ccccn3)CC2)n1C. The van der Waals surface area contributed by atoms with Gasteiger partial charge in [-0.15, -0.1) is 0 Å². The second-order valence-corrected chi connectivity index (χ2v) is 5.84. The Bertz CT molecular complexity index is 642. The largest absolute Gasteiger partial charge is 0.367 e. The van der Waals surface area contributed by atoms with Gasteiger partial charge < -0.3 is 14.8 Å². The number of anilines is 1. The van der Waals surface area contributed by atoms with Crippen molar-refractivity contribution in [1.82, 2.24) is 14.5 Å². The third kappa shape index (κ3) is 2.98. The lowest BCUT2D eigenvalue weighted by Gasteiger charge is -2.32. The monoisotopic (exact) mass is 298 g/mol. The number of aryl methyl sites for hydroxylation is 1. The molecule has 2 aromatic heterocycles. The van der Waals surface area contributed by atoms with Crippen LogP contribution in [-0.4, -0.2) is 39.5 Å². The van der Waals surface area contributed by atoms with Crippen LogP contribution in [0.25, 0.3) is 0 Å². The van der Waals surface area contributed by atoms with Crippen LogP contribution in [0.3, 0.4) is 0 Å². The molecule has 0 radical (unpaired) electrons. The molecule has 0 aromatic carbocycles. The lowest BCUT2D eigenvalue weighted by molar-refractivity contribution is 0.0708. The summed E-state index contributed by atoms with van der Waals surface area (Å²) in [5.74, 6) is 1.04. The number of likely N-dealkylation sites (tertiary alicyclic amines) is 1. The third-order valence-electron chi connectivity index (χ3n) is 4.39. The van der Waals surface area contributed by atoms with E-state index in [1.807, 2.05) is 53.8 Å². The van der Waals surface area contributed by atoms with Gasteiger partial charge in [-0.1, -0.05) is 6.07 Å². The highest BCUT2D eigenvalue weighted by Crippen LogP contribution is 2.18. The number of hydrogen-bond acceptors (Lipinski definition) is 3. The van der Waals surface area contributed by atoms with Gasteiger partial charge in [0.15, 0.2) is 0 Å². The second-order valence-electron chi connectivity index (χ2n) is 5.84. The predicted molar refractivity (Wildman–Crippen MR) is 86.9 cm³/mol. The third-order valence-corrected chi connectivity index (χ3v) is 4.39. The van der Waals surface area contributed by atoms with Gasteiger partial charge in [-0.25, -0.2) is 4.98 Å². The fourth-order valence-corrected chi connectivity index (χ4v) is 2.87. The van der Waals surface area contributed by atoms with E-state index in [1.54, 1.807) is 6.20 Å². The molecule has 0 aliphatic carbocycles. The molecule has 1 saturated heterocycles. The van der Waals surface area contributed by atoms with E-state index in [0.29, 0.717) is 6.04 Å². The molecule has 0 bridgehead atoms. The normalized spacial score (nSPS) is 15.8. The minimum Gasteiger partial charge on any atom is -0.367 e. The lowest BCUT2D eigenvalue weighted by atomic mass is 10.0. The highest BCUT2D eigenvalue weighted by Gasteiger charge is 2.25. The summed E-state index contributed by atoms with van der Waals surface area (Å²) in [5.41, 5.74) is 1.88. The van der Waals surface area contributed by atoms with Crippen molar-refractivity contribution < 1.29 is 4.79 Å². The molecule has 0 spiro atoms. The van der Waals surface area contributed by atoms with Crippen molar-refractivity contribution >= 4 is 11.7 Å². The van der Waals surface area contributed by atoms with Crippen LogP contribution < -0.4 is 5.32 Å². The molecule has 22 heavy (non-hydrogen) atoms. The van der Waals surface area contributed by atoms with Gasteiger partial charge in [-0.05, 0) is 44.0 Å². The molecule has 0 unspecified atom stereocenters. The molecule has 0 saturated carbocycles. The number of nitrogens with one attached hydrogen (secondary N) is 1. The molecule has 1 aliphatic heterocycles. The number of rotatable bonds is 3. The quantitative estimate of drug-likeness (QED) is 0.947. The van der Waals surface area contributed by atoms with Gasteiger partial charge in [0.1, 0.15) is 11.5 Å². The van der Waals surface area contributed by atoms with Crippen molar-refractivity contribution in [1.29, 1.82) is 0 Å². The van der Waals surface area contributed by atoms with Crippen LogP contribution in [0.4, 0.5) is 5.82 Å². The zero-order valence-electron chi connectivity index (χ0n) is 13.1. The van der Waals surface area contributed by atoms with Gasteiger partial charge in [-0.2, -0.15) is 0 Å². The fourth-order valence-electron chi connectivity index (χ4n) is 2.87. The van der Waals surface area contributed by atoms with Crippen molar-refractivity contribution in [2.75, 3.05) is 18.4 Å². The van der Waals surface area contributed by atoms with Crippen LogP contribution in [0.1, 0.15) is 29.0 Å². The number of hydrogen-bond donors (Lipinski definition) is 1. The van der Waals surface area contributed by atoms with E-state index in [0.717, 1.165) is 43.1 Å². The van der Waals surface area contributed by atoms with Gasteiger partial charge in [0, 0.05) is 38.1 Å². The Morgan fingerprint density at radius 3 is 2.59 bits per heavy atom. The average molecular weight is 298 g/mol. The molecule has 0 atom stereocenters. The van der Waals surface area contributed by atoms with Gasteiger partial charge >= 0.3 is 0 Å². The van der Waals surface area contributed by atoms with E-state index in [1.165, 1.54) is 0 Å². The molecule has 1 amide bonds. The standard InChI is InChI=1S/C17H22N4O/c1-13-6-7-15(20(13)2)17(22)21-11-8-14(9-12-21)19-16-5-3-4-10-18-16/h3-7,10,14H,8-9,11-12H2,1-2H3,(H,18,19). The number of carbonyl (C=O) groups excluding carboxylic acids is 1. The maximum atomic E-state index is 12.6. The van der Waals surface area contributed by atoms with Crippen LogP contribution in [0, 0.1) is 6.92 Å². The van der Waals surface area contributed by atoms with Crippen LogP contribution in [-0.2, 0) is 7.05 Å². The average Bonchev–Trinajstić information content (AvgIpc) is 2.88. The zero-order valence-corrected chi connectivity index (χ0v) is 13.1. The first-order chi connectivity index (χ1) is 10.6. The Hall–Kier alpha value is -2.30. The van der Waals surface area contributed by atoms with Gasteiger partial charge in [0.2, 0.25) is 0 Å². The highest BCUT2D eigenvalue weighted by molar-refractivity contribution is 5.93. The Balaban J connectivity index is 1.57. The first kappa shape index (κ1) is 14.6. The minimum absolute atomic E-state index is 0.131. The number of amides is 1. The Kier molecular flexibility index (Phi) is 4.13. The lowest BCUT2D eigenvalue weighted by Crippen LogP contribution is -2.43. The highest BCUT2D eigenvalue weighted by atomic mass is 16.2. The molecule has 5 nitrogen and oxygen atoms in total. The summed E-state index contributed by atoms with van der Waals surface area (Å²) in [7, 11) is 1.94. The van der Waals surface area contributed by atoms with E-state index in [4.69, 9.17) is 0 Å². The second kappa shape index (κ2) is 6.22. The molecule has 116 valence electrons. The maximum absolute atomic E-state index is 12.6. The summed E-state index contributed by atoms with van der Waals surface area (Å²) < 4.78 is 1.96. The van der Waals surface area contributed by atoms with E-state index in [-0.39, 0.29) is 5.91 Å². The number of aromatic nitrogens is 2. The summed E-state index contributed by atoms with van der Waals surface area (Å²) in [6, 6.07) is 10.2. The molecule has 3 rings (SSSR count). The van der Waals surface area contributed by atoms with Gasteiger partial charge in [0.05, 0.1) is 0 Å². The van der Waals surface area contributed by atoms with Gasteiger partial charge in [-0.3, -0.25) is 4.79 Å². The Morgan fingerprint density at radius 2 is 2.00 bits per heavy atom. The van der Waals surface area contributed by atoms with Crippen molar-refractivity contribution in [3.05, 3.63) is 47.9 Å². The van der Waals surface area contributed by atoms with Crippen molar-refractivity contribution in [2.45, 2.75) is 25.8 Å². The fraction of sp³-hybridized carbons (Fsp3) is 0.412. The van der Waals surface area contributed by atoms with Crippen molar-refractivity contribution in [3.63, 3.8) is 0 Å². The minimum atomic E-state index is 0.131. The number of piperidine rings is 1. The van der Waals surface area contributed by atoms with Crippen LogP contribution in [0.5, 0.6) is 0 Å². The van der Waals surface area contributed by atoms with Crippen LogP contribution >= 0.6 is 0 Å². The summed E-state index contributed by atoms with van der Waals surface area (Å²) in [4.78, 5) is 18.8. The summed E-state index contributed by atoms with van der Waals surface area (Å²) in [5, 5.41) is 3.44. The first-order valence-corrected chi connectivity index (χ1v) is 7.74. The first-order valence-electron chi connectivity index (χ1n) is 7.74. The van der Waals surface area contributed by atoms with E-state index in [2.05, 4.69) is 10.3 Å². The number of nitrogens with zero attached hydrogens (tertiary/aromatic N) is 3. The Morgan fingerprint density at radius 1 is 1.23 bits per heavy atom. The Labute approximate surface area is 131 Å². The summed E-state index contributed by atoms with van der Waals surface area (Å²) in [6.45, 7) is 3.58. The van der Waals surface area contributed by atoms with E-state index >= 15 is 0 Å². The molecular weight excluding hydrogens is 276 g/mol. The maximum Gasteiger partial charge on any atom is 0.270 e. The molecule has 1 fully saturated rings. The zero-order chi connectivity index (χ0) is 15.5. The molecule has 5 heteroatoms. The summed E-state index contributed by atoms with van der Waals surface area (Å²) in [6.07, 6.45) is 3.69. The number of carbonyl (C=O) groups is 1. The molecule has 1 aliphatic rings. The predicted octanol–water partition coefficient (Wildman–Crippen LogP) is 2.45. The van der Waals surface area contributed by atoms with E-state index in [9.17, 15) is 4.79 Å². The molecule has 3 heterocycles. The molecule has 2 aromatic rings. The van der Waals surface area contributed by atoms with Gasteiger partial charge in [0.25, 0.3) is 5.91 Å². The van der Waals surface area contributed by atoms with E-state index < -0.39 is 0 Å². The molecule has 1 N–H and O–H groups in total. The van der Waals surface area contributed by atoms with Crippen molar-refractivity contribution in [2.24, 2.45) is 7.05 Å². The molecular formula is C17H22N4O. The summed E-state index contributed by atoms with van der Waals surface area (Å²) >= 11 is 0. The van der Waals surface area contributed by atoms with Crippen LogP contribution in [0.2, 0.25) is 0 Å². The number of pyridine rings is 1. The smallest absolute Gasteiger partial charge is 0.270 e. The van der Waals surface area contributed by atoms with Crippen LogP contribution in [0.15, 0.2) is 36.5 Å².